The highest BCUT2D eigenvalue weighted by molar-refractivity contribution is 6.30. The van der Waals surface area contributed by atoms with E-state index in [0.29, 0.717) is 16.1 Å². The van der Waals surface area contributed by atoms with Gasteiger partial charge in [-0.15, -0.1) is 0 Å². The molecule has 0 radical (unpaired) electrons. The molecule has 1 amide bonds. The van der Waals surface area contributed by atoms with Crippen molar-refractivity contribution >= 4 is 40.2 Å². The van der Waals surface area contributed by atoms with Gasteiger partial charge in [-0.25, -0.2) is 10.5 Å². The quantitative estimate of drug-likeness (QED) is 0.572. The summed E-state index contributed by atoms with van der Waals surface area (Å²) in [6.45, 7) is 0. The van der Waals surface area contributed by atoms with Crippen LogP contribution in [0.2, 0.25) is 5.02 Å². The van der Waals surface area contributed by atoms with Crippen LogP contribution in [0.25, 0.3) is 11.0 Å². The van der Waals surface area contributed by atoms with Gasteiger partial charge < -0.3 is 9.47 Å². The summed E-state index contributed by atoms with van der Waals surface area (Å²) >= 11 is 5.92. The number of carbonyl (C=O) groups is 1. The Morgan fingerprint density at radius 1 is 1.26 bits per heavy atom. The molecule has 0 saturated carbocycles. The van der Waals surface area contributed by atoms with Crippen molar-refractivity contribution in [2.24, 2.45) is 7.05 Å². The van der Waals surface area contributed by atoms with Crippen LogP contribution < -0.4 is 10.4 Å². The van der Waals surface area contributed by atoms with Gasteiger partial charge in [-0.3, -0.25) is 10.0 Å². The van der Waals surface area contributed by atoms with Crippen molar-refractivity contribution in [2.75, 3.05) is 11.9 Å². The molecular formula is C16H15ClN4O2. The first kappa shape index (κ1) is 15.3. The second-order valence-corrected chi connectivity index (χ2v) is 5.59. The normalized spacial score (nSPS) is 10.8. The zero-order valence-electron chi connectivity index (χ0n) is 12.6. The fourth-order valence-electron chi connectivity index (χ4n) is 2.47. The van der Waals surface area contributed by atoms with Crippen LogP contribution in [0.15, 0.2) is 42.5 Å². The molecule has 1 aromatic heterocycles. The first-order valence-electron chi connectivity index (χ1n) is 6.91. The van der Waals surface area contributed by atoms with Crippen LogP contribution in [0.1, 0.15) is 10.4 Å². The summed E-state index contributed by atoms with van der Waals surface area (Å²) in [5, 5.41) is 9.41. The molecule has 0 aliphatic rings. The number of nitrogens with zero attached hydrogens (tertiary/aromatic N) is 3. The molecule has 23 heavy (non-hydrogen) atoms. The minimum absolute atomic E-state index is 0.346. The molecule has 118 valence electrons. The van der Waals surface area contributed by atoms with Crippen LogP contribution in [0.4, 0.5) is 11.6 Å². The predicted octanol–water partition coefficient (Wildman–Crippen LogP) is 3.11. The van der Waals surface area contributed by atoms with Crippen molar-refractivity contribution in [2.45, 2.75) is 0 Å². The third-order valence-electron chi connectivity index (χ3n) is 3.73. The van der Waals surface area contributed by atoms with Gasteiger partial charge in [0.25, 0.3) is 5.91 Å². The second-order valence-electron chi connectivity index (χ2n) is 5.15. The number of hydrogen-bond donors (Lipinski definition) is 2. The highest BCUT2D eigenvalue weighted by atomic mass is 35.5. The largest absolute Gasteiger partial charge is 0.315 e. The van der Waals surface area contributed by atoms with E-state index in [9.17, 15) is 4.79 Å². The van der Waals surface area contributed by atoms with E-state index in [1.54, 1.807) is 23.7 Å². The number of amides is 1. The van der Waals surface area contributed by atoms with E-state index in [-0.39, 0.29) is 0 Å². The Morgan fingerprint density at radius 2 is 1.96 bits per heavy atom. The van der Waals surface area contributed by atoms with E-state index in [1.165, 1.54) is 0 Å². The van der Waals surface area contributed by atoms with Crippen LogP contribution in [-0.2, 0) is 7.05 Å². The molecule has 3 rings (SSSR count). The average molecular weight is 331 g/mol. The van der Waals surface area contributed by atoms with Crippen LogP contribution in [0.5, 0.6) is 0 Å². The van der Waals surface area contributed by atoms with Gasteiger partial charge >= 0.3 is 0 Å². The Balaban J connectivity index is 2.05. The molecule has 2 N–H and O–H groups in total. The highest BCUT2D eigenvalue weighted by Gasteiger charge is 2.15. The molecule has 0 saturated heterocycles. The lowest BCUT2D eigenvalue weighted by molar-refractivity contribution is 0.0706. The Hall–Kier alpha value is -2.57. The van der Waals surface area contributed by atoms with E-state index >= 15 is 0 Å². The van der Waals surface area contributed by atoms with Crippen LogP contribution >= 0.6 is 11.6 Å². The fraction of sp³-hybridized carbons (Fsp3) is 0.125. The van der Waals surface area contributed by atoms with E-state index in [1.807, 2.05) is 47.8 Å². The molecule has 3 aromatic rings. The Morgan fingerprint density at radius 3 is 2.61 bits per heavy atom. The first-order chi connectivity index (χ1) is 11.0. The van der Waals surface area contributed by atoms with Crippen LogP contribution in [-0.4, -0.2) is 27.7 Å². The Bertz CT molecular complexity index is 874. The number of rotatable bonds is 3. The summed E-state index contributed by atoms with van der Waals surface area (Å²) in [7, 11) is 3.81. The topological polar surface area (TPSA) is 70.4 Å². The molecule has 7 heteroatoms. The summed E-state index contributed by atoms with van der Waals surface area (Å²) in [4.78, 5) is 18.0. The van der Waals surface area contributed by atoms with Gasteiger partial charge in [-0.05, 0) is 42.5 Å². The van der Waals surface area contributed by atoms with Gasteiger partial charge in [0.15, 0.2) is 0 Å². The molecule has 0 fully saturated rings. The number of fused-ring (bicyclic) bond motifs is 1. The van der Waals surface area contributed by atoms with Gasteiger partial charge in [0.1, 0.15) is 0 Å². The van der Waals surface area contributed by atoms with Crippen molar-refractivity contribution in [1.29, 1.82) is 0 Å². The number of hydroxylamine groups is 1. The van der Waals surface area contributed by atoms with Crippen LogP contribution in [0.3, 0.4) is 0 Å². The summed E-state index contributed by atoms with van der Waals surface area (Å²) in [6, 6.07) is 12.5. The van der Waals surface area contributed by atoms with Gasteiger partial charge in [0.2, 0.25) is 5.95 Å². The summed E-state index contributed by atoms with van der Waals surface area (Å²) < 4.78 is 1.94. The van der Waals surface area contributed by atoms with E-state index in [2.05, 4.69) is 4.98 Å². The molecule has 0 spiro atoms. The van der Waals surface area contributed by atoms with E-state index < -0.39 is 5.91 Å². The Kier molecular flexibility index (Phi) is 3.94. The average Bonchev–Trinajstić information content (AvgIpc) is 2.90. The lowest BCUT2D eigenvalue weighted by atomic mass is 10.2. The fourth-order valence-corrected chi connectivity index (χ4v) is 2.60. The predicted molar refractivity (Wildman–Crippen MR) is 89.5 cm³/mol. The molecular weight excluding hydrogens is 316 g/mol. The number of benzene rings is 2. The number of aromatic nitrogens is 2. The first-order valence-corrected chi connectivity index (χ1v) is 7.29. The molecule has 2 aromatic carbocycles. The maximum Gasteiger partial charge on any atom is 0.274 e. The maximum absolute atomic E-state index is 11.5. The molecule has 6 nitrogen and oxygen atoms in total. The van der Waals surface area contributed by atoms with Crippen molar-refractivity contribution < 1.29 is 10.0 Å². The minimum Gasteiger partial charge on any atom is -0.315 e. The molecule has 1 heterocycles. The van der Waals surface area contributed by atoms with Gasteiger partial charge in [-0.1, -0.05) is 11.6 Å². The standard InChI is InChI=1S/C16H15ClN4O2/c1-20(12-6-4-11(17)5-7-12)16-18-13-9-10(15(22)19-23)3-8-14(13)21(16)2/h3-9,23H,1-2H3,(H,19,22). The molecule has 0 unspecified atom stereocenters. The number of imidazole rings is 1. The second kappa shape index (κ2) is 5.91. The minimum atomic E-state index is -0.565. The smallest absolute Gasteiger partial charge is 0.274 e. The van der Waals surface area contributed by atoms with Gasteiger partial charge in [0, 0.05) is 30.4 Å². The molecule has 0 aliphatic heterocycles. The van der Waals surface area contributed by atoms with E-state index in [4.69, 9.17) is 16.8 Å². The number of halogens is 1. The van der Waals surface area contributed by atoms with Gasteiger partial charge in [0.05, 0.1) is 11.0 Å². The lowest BCUT2D eigenvalue weighted by Crippen LogP contribution is -2.18. The zero-order chi connectivity index (χ0) is 16.6. The summed E-state index contributed by atoms with van der Waals surface area (Å²) in [5.41, 5.74) is 4.47. The highest BCUT2D eigenvalue weighted by Crippen LogP contribution is 2.27. The molecule has 0 atom stereocenters. The molecule has 0 aliphatic carbocycles. The van der Waals surface area contributed by atoms with Crippen molar-refractivity contribution in [3.8, 4) is 0 Å². The van der Waals surface area contributed by atoms with Gasteiger partial charge in [-0.2, -0.15) is 0 Å². The Labute approximate surface area is 137 Å². The number of nitrogens with one attached hydrogen (secondary N) is 1. The van der Waals surface area contributed by atoms with Crippen molar-refractivity contribution in [3.63, 3.8) is 0 Å². The number of anilines is 2. The number of carbonyl (C=O) groups excluding carboxylic acids is 1. The zero-order valence-corrected chi connectivity index (χ0v) is 13.4. The van der Waals surface area contributed by atoms with E-state index in [0.717, 1.165) is 17.2 Å². The lowest BCUT2D eigenvalue weighted by Gasteiger charge is -2.18. The van der Waals surface area contributed by atoms with Crippen molar-refractivity contribution in [3.05, 3.63) is 53.1 Å². The SMILES string of the molecule is CN(c1ccc(Cl)cc1)c1nc2cc(C(=O)NO)ccc2n1C. The third kappa shape index (κ3) is 2.74. The summed E-state index contributed by atoms with van der Waals surface area (Å²) in [6.07, 6.45) is 0. The number of aryl methyl sites for hydroxylation is 1. The van der Waals surface area contributed by atoms with Crippen LogP contribution in [0, 0.1) is 0 Å². The molecule has 0 bridgehead atoms. The maximum atomic E-state index is 11.5. The van der Waals surface area contributed by atoms with Crippen molar-refractivity contribution in [1.82, 2.24) is 15.0 Å². The third-order valence-corrected chi connectivity index (χ3v) is 3.99. The summed E-state index contributed by atoms with van der Waals surface area (Å²) in [5.74, 6) is 0.161. The number of hydrogen-bond acceptors (Lipinski definition) is 4. The monoisotopic (exact) mass is 330 g/mol.